The SMILES string of the molecule is NC(=O)CNCc1ccc2cccc(NS(=O)(=O)c3ccc(C(F)(F)F)cc3)c2n1. The molecule has 0 fully saturated rings. The van der Waals surface area contributed by atoms with Gasteiger partial charge in [-0.15, -0.1) is 0 Å². The third-order valence-electron chi connectivity index (χ3n) is 4.12. The molecule has 1 amide bonds. The Bertz CT molecular complexity index is 1180. The predicted molar refractivity (Wildman–Crippen MR) is 105 cm³/mol. The molecule has 0 saturated carbocycles. The molecule has 1 heterocycles. The summed E-state index contributed by atoms with van der Waals surface area (Å²) < 4.78 is 65.8. The molecule has 0 atom stereocenters. The zero-order chi connectivity index (χ0) is 21.9. The van der Waals surface area contributed by atoms with Crippen molar-refractivity contribution in [3.8, 4) is 0 Å². The summed E-state index contributed by atoms with van der Waals surface area (Å²) in [7, 11) is -4.14. The van der Waals surface area contributed by atoms with E-state index in [0.29, 0.717) is 28.7 Å². The zero-order valence-electron chi connectivity index (χ0n) is 15.4. The molecule has 3 rings (SSSR count). The summed E-state index contributed by atoms with van der Waals surface area (Å²) in [4.78, 5) is 14.9. The number of sulfonamides is 1. The highest BCUT2D eigenvalue weighted by Gasteiger charge is 2.30. The van der Waals surface area contributed by atoms with Crippen LogP contribution < -0.4 is 15.8 Å². The van der Waals surface area contributed by atoms with Crippen molar-refractivity contribution in [3.63, 3.8) is 0 Å². The van der Waals surface area contributed by atoms with E-state index in [2.05, 4.69) is 15.0 Å². The van der Waals surface area contributed by atoms with Crippen molar-refractivity contribution in [2.45, 2.75) is 17.6 Å². The topological polar surface area (TPSA) is 114 Å². The van der Waals surface area contributed by atoms with E-state index in [9.17, 15) is 26.4 Å². The van der Waals surface area contributed by atoms with Gasteiger partial charge in [0.05, 0.1) is 33.9 Å². The number of para-hydroxylation sites is 1. The minimum absolute atomic E-state index is 0.0398. The van der Waals surface area contributed by atoms with Crippen molar-refractivity contribution in [3.05, 3.63) is 65.9 Å². The lowest BCUT2D eigenvalue weighted by Crippen LogP contribution is -2.28. The van der Waals surface area contributed by atoms with Crippen molar-refractivity contribution in [1.29, 1.82) is 0 Å². The molecule has 0 unspecified atom stereocenters. The number of primary amides is 1. The summed E-state index contributed by atoms with van der Waals surface area (Å²) in [5.74, 6) is -0.527. The van der Waals surface area contributed by atoms with E-state index in [1.807, 2.05) is 0 Å². The first-order valence-electron chi connectivity index (χ1n) is 8.64. The van der Waals surface area contributed by atoms with E-state index in [0.717, 1.165) is 12.1 Å². The van der Waals surface area contributed by atoms with Crippen LogP contribution in [-0.2, 0) is 27.5 Å². The van der Waals surface area contributed by atoms with Crippen LogP contribution in [0.25, 0.3) is 10.9 Å². The highest BCUT2D eigenvalue weighted by molar-refractivity contribution is 7.92. The first-order chi connectivity index (χ1) is 14.1. The van der Waals surface area contributed by atoms with Gasteiger partial charge in [-0.25, -0.2) is 13.4 Å². The van der Waals surface area contributed by atoms with Gasteiger partial charge >= 0.3 is 6.18 Å². The fraction of sp³-hybridized carbons (Fsp3) is 0.158. The maximum absolute atomic E-state index is 12.7. The quantitative estimate of drug-likeness (QED) is 0.525. The van der Waals surface area contributed by atoms with Gasteiger partial charge in [0.1, 0.15) is 0 Å². The molecule has 30 heavy (non-hydrogen) atoms. The van der Waals surface area contributed by atoms with Crippen LogP contribution in [0, 0.1) is 0 Å². The zero-order valence-corrected chi connectivity index (χ0v) is 16.2. The summed E-state index contributed by atoms with van der Waals surface area (Å²) in [6, 6.07) is 11.5. The Hall–Kier alpha value is -3.18. The summed E-state index contributed by atoms with van der Waals surface area (Å²) >= 11 is 0. The number of aromatic nitrogens is 1. The number of carbonyl (C=O) groups is 1. The lowest BCUT2D eigenvalue weighted by molar-refractivity contribution is -0.137. The molecule has 0 spiro atoms. The second-order valence-corrected chi connectivity index (χ2v) is 8.06. The van der Waals surface area contributed by atoms with Gasteiger partial charge in [0.2, 0.25) is 5.91 Å². The first kappa shape index (κ1) is 21.5. The second kappa shape index (κ2) is 8.28. The summed E-state index contributed by atoms with van der Waals surface area (Å²) in [5, 5.41) is 3.46. The molecule has 0 aliphatic rings. The maximum Gasteiger partial charge on any atom is 0.416 e. The number of alkyl halides is 3. The van der Waals surface area contributed by atoms with Gasteiger partial charge in [0.15, 0.2) is 0 Å². The van der Waals surface area contributed by atoms with E-state index in [1.165, 1.54) is 6.07 Å². The largest absolute Gasteiger partial charge is 0.416 e. The molecule has 1 aromatic heterocycles. The smallest absolute Gasteiger partial charge is 0.369 e. The molecule has 2 aromatic carbocycles. The van der Waals surface area contributed by atoms with Crippen molar-refractivity contribution >= 4 is 32.5 Å². The summed E-state index contributed by atoms with van der Waals surface area (Å²) in [6.45, 7) is 0.195. The van der Waals surface area contributed by atoms with Crippen LogP contribution in [-0.4, -0.2) is 25.9 Å². The number of hydrogen-bond acceptors (Lipinski definition) is 5. The fourth-order valence-electron chi connectivity index (χ4n) is 2.71. The molecular weight excluding hydrogens is 421 g/mol. The Kier molecular flexibility index (Phi) is 5.94. The molecule has 158 valence electrons. The highest BCUT2D eigenvalue weighted by Crippen LogP contribution is 2.30. The van der Waals surface area contributed by atoms with Crippen molar-refractivity contribution in [2.24, 2.45) is 5.73 Å². The van der Waals surface area contributed by atoms with Crippen molar-refractivity contribution in [1.82, 2.24) is 10.3 Å². The van der Waals surface area contributed by atoms with E-state index >= 15 is 0 Å². The van der Waals surface area contributed by atoms with Gasteiger partial charge in [0, 0.05) is 11.9 Å². The monoisotopic (exact) mass is 438 g/mol. The maximum atomic E-state index is 12.7. The van der Waals surface area contributed by atoms with E-state index in [4.69, 9.17) is 5.73 Å². The number of rotatable bonds is 7. The number of halogens is 3. The van der Waals surface area contributed by atoms with Gasteiger partial charge in [-0.1, -0.05) is 18.2 Å². The van der Waals surface area contributed by atoms with Crippen molar-refractivity contribution in [2.75, 3.05) is 11.3 Å². The van der Waals surface area contributed by atoms with Crippen LogP contribution in [0.4, 0.5) is 18.9 Å². The third kappa shape index (κ3) is 5.05. The number of fused-ring (bicyclic) bond motifs is 1. The van der Waals surface area contributed by atoms with Gasteiger partial charge in [-0.2, -0.15) is 13.2 Å². The van der Waals surface area contributed by atoms with Crippen LogP contribution in [0.3, 0.4) is 0 Å². The number of carbonyl (C=O) groups excluding carboxylic acids is 1. The standard InChI is InChI=1S/C19H17F3N4O3S/c20-19(21,22)13-5-8-15(9-6-13)30(28,29)26-16-3-1-2-12-4-7-14(25-18(12)16)10-24-11-17(23)27/h1-9,24,26H,10-11H2,(H2,23,27). The molecule has 7 nitrogen and oxygen atoms in total. The Morgan fingerprint density at radius 2 is 1.73 bits per heavy atom. The van der Waals surface area contributed by atoms with Gasteiger partial charge in [-0.05, 0) is 36.4 Å². The summed E-state index contributed by atoms with van der Waals surface area (Å²) in [6.07, 6.45) is -4.56. The van der Waals surface area contributed by atoms with Gasteiger partial charge < -0.3 is 11.1 Å². The predicted octanol–water partition coefficient (Wildman–Crippen LogP) is 2.63. The Morgan fingerprint density at radius 3 is 2.37 bits per heavy atom. The lowest BCUT2D eigenvalue weighted by Gasteiger charge is -2.12. The highest BCUT2D eigenvalue weighted by atomic mass is 32.2. The molecule has 11 heteroatoms. The Labute approximate surface area is 170 Å². The van der Waals surface area contributed by atoms with Crippen LogP contribution in [0.15, 0.2) is 59.5 Å². The van der Waals surface area contributed by atoms with Gasteiger partial charge in [-0.3, -0.25) is 9.52 Å². The lowest BCUT2D eigenvalue weighted by atomic mass is 10.2. The van der Waals surface area contributed by atoms with Crippen molar-refractivity contribution < 1.29 is 26.4 Å². The normalized spacial score (nSPS) is 12.1. The average Bonchev–Trinajstić information content (AvgIpc) is 2.67. The molecule has 0 aliphatic heterocycles. The second-order valence-electron chi connectivity index (χ2n) is 6.38. The molecule has 0 radical (unpaired) electrons. The molecule has 0 aliphatic carbocycles. The van der Waals surface area contributed by atoms with E-state index in [1.54, 1.807) is 24.3 Å². The first-order valence-corrected chi connectivity index (χ1v) is 10.1. The van der Waals surface area contributed by atoms with E-state index < -0.39 is 27.7 Å². The summed E-state index contributed by atoms with van der Waals surface area (Å²) in [5.41, 5.74) is 5.19. The number of benzene rings is 2. The number of nitrogens with two attached hydrogens (primary N) is 1. The van der Waals surface area contributed by atoms with E-state index in [-0.39, 0.29) is 23.7 Å². The Balaban J connectivity index is 1.89. The molecule has 3 aromatic rings. The molecule has 0 bridgehead atoms. The van der Waals surface area contributed by atoms with Crippen LogP contribution in [0.1, 0.15) is 11.3 Å². The minimum atomic E-state index is -4.56. The molecule has 0 saturated heterocycles. The average molecular weight is 438 g/mol. The number of amides is 1. The fourth-order valence-corrected chi connectivity index (χ4v) is 3.78. The van der Waals surface area contributed by atoms with Gasteiger partial charge in [0.25, 0.3) is 10.0 Å². The van der Waals surface area contributed by atoms with Crippen LogP contribution in [0.2, 0.25) is 0 Å². The molecular formula is C19H17F3N4O3S. The minimum Gasteiger partial charge on any atom is -0.369 e. The molecule has 4 N–H and O–H groups in total. The number of nitrogens with one attached hydrogen (secondary N) is 2. The number of pyridine rings is 1. The van der Waals surface area contributed by atoms with Crippen LogP contribution >= 0.6 is 0 Å². The Morgan fingerprint density at radius 1 is 1.03 bits per heavy atom. The number of nitrogens with zero attached hydrogens (tertiary/aromatic N) is 1. The third-order valence-corrected chi connectivity index (χ3v) is 5.50. The number of anilines is 1. The van der Waals surface area contributed by atoms with Crippen LogP contribution in [0.5, 0.6) is 0 Å². The number of hydrogen-bond donors (Lipinski definition) is 3.